The predicted molar refractivity (Wildman–Crippen MR) is 50.3 cm³/mol. The number of hydrogen-bond donors (Lipinski definition) is 1. The second-order valence-electron chi connectivity index (χ2n) is 3.45. The SMILES string of the molecule is Nc1cc2c(s1)CCC(F)(F)CC2. The summed E-state index contributed by atoms with van der Waals surface area (Å²) >= 11 is 1.45. The molecule has 0 saturated heterocycles. The third kappa shape index (κ3) is 1.82. The van der Waals surface area contributed by atoms with Gasteiger partial charge in [-0.15, -0.1) is 11.3 Å². The van der Waals surface area contributed by atoms with E-state index in [0.717, 1.165) is 15.4 Å². The fourth-order valence-corrected chi connectivity index (χ4v) is 2.63. The highest BCUT2D eigenvalue weighted by Crippen LogP contribution is 2.36. The Morgan fingerprint density at radius 1 is 1.31 bits per heavy atom. The average Bonchev–Trinajstić information content (AvgIpc) is 2.34. The standard InChI is InChI=1S/C9H11F2NS/c10-9(11)3-1-6-5-8(12)13-7(6)2-4-9/h5H,1-4,12H2. The fourth-order valence-electron chi connectivity index (χ4n) is 1.65. The highest BCUT2D eigenvalue weighted by atomic mass is 32.1. The molecule has 0 fully saturated rings. The van der Waals surface area contributed by atoms with Gasteiger partial charge in [0.1, 0.15) is 0 Å². The topological polar surface area (TPSA) is 26.0 Å². The molecular formula is C9H11F2NS. The molecule has 13 heavy (non-hydrogen) atoms. The molecule has 4 heteroatoms. The zero-order valence-electron chi connectivity index (χ0n) is 7.15. The van der Waals surface area contributed by atoms with Gasteiger partial charge in [0.2, 0.25) is 5.92 Å². The molecule has 1 aliphatic carbocycles. The van der Waals surface area contributed by atoms with Gasteiger partial charge in [-0.3, -0.25) is 0 Å². The number of rotatable bonds is 0. The molecule has 0 unspecified atom stereocenters. The molecule has 0 aliphatic heterocycles. The molecule has 1 aromatic heterocycles. The second kappa shape index (κ2) is 2.94. The molecule has 1 heterocycles. The van der Waals surface area contributed by atoms with Crippen LogP contribution in [0.4, 0.5) is 13.8 Å². The van der Waals surface area contributed by atoms with Gasteiger partial charge in [-0.1, -0.05) is 0 Å². The van der Waals surface area contributed by atoms with Gasteiger partial charge in [-0.2, -0.15) is 0 Å². The van der Waals surface area contributed by atoms with Crippen molar-refractivity contribution in [2.24, 2.45) is 0 Å². The van der Waals surface area contributed by atoms with Crippen molar-refractivity contribution in [1.82, 2.24) is 0 Å². The zero-order chi connectivity index (χ0) is 9.47. The van der Waals surface area contributed by atoms with Crippen LogP contribution in [0.2, 0.25) is 0 Å². The van der Waals surface area contributed by atoms with Crippen molar-refractivity contribution in [2.45, 2.75) is 31.6 Å². The van der Waals surface area contributed by atoms with Crippen molar-refractivity contribution in [3.05, 3.63) is 16.5 Å². The van der Waals surface area contributed by atoms with Crippen LogP contribution in [0.3, 0.4) is 0 Å². The van der Waals surface area contributed by atoms with Crippen LogP contribution in [-0.4, -0.2) is 5.92 Å². The summed E-state index contributed by atoms with van der Waals surface area (Å²) in [5.74, 6) is -2.48. The van der Waals surface area contributed by atoms with Crippen LogP contribution in [-0.2, 0) is 12.8 Å². The Morgan fingerprint density at radius 3 is 2.77 bits per heavy atom. The van der Waals surface area contributed by atoms with Crippen LogP contribution in [0.15, 0.2) is 6.07 Å². The minimum Gasteiger partial charge on any atom is -0.391 e. The number of aryl methyl sites for hydroxylation is 2. The van der Waals surface area contributed by atoms with Crippen LogP contribution in [0, 0.1) is 0 Å². The van der Waals surface area contributed by atoms with Crippen LogP contribution in [0.25, 0.3) is 0 Å². The Bertz CT molecular complexity index is 292. The summed E-state index contributed by atoms with van der Waals surface area (Å²) in [6, 6.07) is 1.83. The molecule has 1 aliphatic rings. The number of fused-ring (bicyclic) bond motifs is 1. The van der Waals surface area contributed by atoms with Gasteiger partial charge in [0.15, 0.2) is 0 Å². The normalized spacial score (nSPS) is 20.8. The summed E-state index contributed by atoms with van der Waals surface area (Å²) in [4.78, 5) is 1.05. The van der Waals surface area contributed by atoms with Crippen LogP contribution in [0.5, 0.6) is 0 Å². The number of hydrogen-bond acceptors (Lipinski definition) is 2. The third-order valence-electron chi connectivity index (χ3n) is 2.39. The van der Waals surface area contributed by atoms with Crippen LogP contribution >= 0.6 is 11.3 Å². The molecule has 0 atom stereocenters. The molecule has 72 valence electrons. The van der Waals surface area contributed by atoms with Crippen molar-refractivity contribution in [2.75, 3.05) is 5.73 Å². The molecule has 1 aromatic rings. The highest BCUT2D eigenvalue weighted by Gasteiger charge is 2.31. The molecule has 0 radical (unpaired) electrons. The summed E-state index contributed by atoms with van der Waals surface area (Å²) in [6.07, 6.45) is 0.885. The van der Waals surface area contributed by atoms with Crippen LogP contribution in [0.1, 0.15) is 23.3 Å². The van der Waals surface area contributed by atoms with E-state index >= 15 is 0 Å². The average molecular weight is 203 g/mol. The van der Waals surface area contributed by atoms with E-state index in [0.29, 0.717) is 12.8 Å². The first kappa shape index (κ1) is 8.94. The van der Waals surface area contributed by atoms with Gasteiger partial charge in [0.25, 0.3) is 0 Å². The first-order valence-electron chi connectivity index (χ1n) is 4.32. The molecule has 0 saturated carbocycles. The van der Waals surface area contributed by atoms with E-state index in [2.05, 4.69) is 0 Å². The Morgan fingerprint density at radius 2 is 2.00 bits per heavy atom. The molecule has 0 amide bonds. The number of anilines is 1. The highest BCUT2D eigenvalue weighted by molar-refractivity contribution is 7.16. The Kier molecular flexibility index (Phi) is 2.02. The number of alkyl halides is 2. The van der Waals surface area contributed by atoms with E-state index in [1.165, 1.54) is 11.3 Å². The van der Waals surface area contributed by atoms with Gasteiger partial charge >= 0.3 is 0 Å². The van der Waals surface area contributed by atoms with E-state index < -0.39 is 5.92 Å². The third-order valence-corrected chi connectivity index (χ3v) is 3.46. The van der Waals surface area contributed by atoms with E-state index in [4.69, 9.17) is 5.73 Å². The summed E-state index contributed by atoms with van der Waals surface area (Å²) in [5.41, 5.74) is 6.64. The number of nitrogens with two attached hydrogens (primary N) is 1. The maximum Gasteiger partial charge on any atom is 0.248 e. The molecule has 0 aromatic carbocycles. The van der Waals surface area contributed by atoms with Gasteiger partial charge in [-0.25, -0.2) is 8.78 Å². The van der Waals surface area contributed by atoms with Gasteiger partial charge in [-0.05, 0) is 24.5 Å². The van der Waals surface area contributed by atoms with E-state index in [1.807, 2.05) is 6.07 Å². The lowest BCUT2D eigenvalue weighted by Crippen LogP contribution is -2.15. The number of nitrogen functional groups attached to an aromatic ring is 1. The lowest BCUT2D eigenvalue weighted by molar-refractivity contribution is -0.0129. The molecular weight excluding hydrogens is 192 g/mol. The number of thiophene rings is 1. The summed E-state index contributed by atoms with van der Waals surface area (Å²) in [5, 5.41) is 0.746. The van der Waals surface area contributed by atoms with Crippen molar-refractivity contribution < 1.29 is 8.78 Å². The van der Waals surface area contributed by atoms with Crippen LogP contribution < -0.4 is 5.73 Å². The van der Waals surface area contributed by atoms with Gasteiger partial charge in [0, 0.05) is 17.7 Å². The monoisotopic (exact) mass is 203 g/mol. The summed E-state index contributed by atoms with van der Waals surface area (Å²) in [6.45, 7) is 0. The number of halogens is 2. The maximum absolute atomic E-state index is 13.0. The van der Waals surface area contributed by atoms with Gasteiger partial charge in [0.05, 0.1) is 5.00 Å². The molecule has 1 nitrogen and oxygen atoms in total. The minimum atomic E-state index is -2.48. The largest absolute Gasteiger partial charge is 0.391 e. The predicted octanol–water partition coefficient (Wildman–Crippen LogP) is 2.84. The zero-order valence-corrected chi connectivity index (χ0v) is 7.96. The van der Waals surface area contributed by atoms with Crippen molar-refractivity contribution in [3.63, 3.8) is 0 Å². The van der Waals surface area contributed by atoms with Crippen molar-refractivity contribution in [1.29, 1.82) is 0 Å². The van der Waals surface area contributed by atoms with Crippen molar-refractivity contribution >= 4 is 16.3 Å². The maximum atomic E-state index is 13.0. The summed E-state index contributed by atoms with van der Waals surface area (Å²) in [7, 11) is 0. The Hall–Kier alpha value is -0.640. The molecule has 0 spiro atoms. The van der Waals surface area contributed by atoms with E-state index in [9.17, 15) is 8.78 Å². The lowest BCUT2D eigenvalue weighted by Gasteiger charge is -2.11. The van der Waals surface area contributed by atoms with E-state index in [-0.39, 0.29) is 12.8 Å². The lowest BCUT2D eigenvalue weighted by atomic mass is 10.1. The summed E-state index contributed by atoms with van der Waals surface area (Å²) < 4.78 is 26.0. The molecule has 2 rings (SSSR count). The smallest absolute Gasteiger partial charge is 0.248 e. The van der Waals surface area contributed by atoms with Crippen molar-refractivity contribution in [3.8, 4) is 0 Å². The molecule has 0 bridgehead atoms. The van der Waals surface area contributed by atoms with E-state index in [1.54, 1.807) is 0 Å². The van der Waals surface area contributed by atoms with Gasteiger partial charge < -0.3 is 5.73 Å². The minimum absolute atomic E-state index is 0.0278. The Labute approximate surface area is 79.6 Å². The second-order valence-corrected chi connectivity index (χ2v) is 4.62. The Balaban J connectivity index is 2.24. The quantitative estimate of drug-likeness (QED) is 0.645. The first-order chi connectivity index (χ1) is 6.07. The fraction of sp³-hybridized carbons (Fsp3) is 0.556. The first-order valence-corrected chi connectivity index (χ1v) is 5.13. The molecule has 2 N–H and O–H groups in total.